The van der Waals surface area contributed by atoms with Crippen molar-refractivity contribution < 1.29 is 22.8 Å². The number of nitrogens with one attached hydrogen (secondary N) is 1. The number of nitrogens with two attached hydrogens (primary N) is 2. The summed E-state index contributed by atoms with van der Waals surface area (Å²) < 4.78 is 27.2. The Kier molecular flexibility index (Phi) is 5.62. The van der Waals surface area contributed by atoms with Crippen LogP contribution in [-0.2, 0) is 21.3 Å². The summed E-state index contributed by atoms with van der Waals surface area (Å²) in [4.78, 5) is 13.8. The number of fused-ring (bicyclic) bond motifs is 1. The summed E-state index contributed by atoms with van der Waals surface area (Å²) in [6.07, 6.45) is 4.03. The molecule has 7 nitrogen and oxygen atoms in total. The van der Waals surface area contributed by atoms with E-state index >= 15 is 0 Å². The van der Waals surface area contributed by atoms with Crippen LogP contribution in [0, 0.1) is 0 Å². The zero-order valence-electron chi connectivity index (χ0n) is 11.5. The first kappa shape index (κ1) is 16.9. The van der Waals surface area contributed by atoms with E-state index in [1.807, 2.05) is 18.2 Å². The van der Waals surface area contributed by atoms with E-state index in [0.29, 0.717) is 6.26 Å². The third-order valence-corrected chi connectivity index (χ3v) is 2.60. The molecule has 0 saturated carbocycles. The monoisotopic (exact) mass is 311 g/mol. The van der Waals surface area contributed by atoms with Crippen molar-refractivity contribution in [1.82, 2.24) is 0 Å². The van der Waals surface area contributed by atoms with E-state index in [1.54, 1.807) is 6.08 Å². The van der Waals surface area contributed by atoms with Crippen LogP contribution in [0.2, 0.25) is 0 Å². The van der Waals surface area contributed by atoms with Crippen LogP contribution < -0.4 is 16.5 Å². The molecule has 0 aliphatic heterocycles. The highest BCUT2D eigenvalue weighted by atomic mass is 32.2. The zero-order chi connectivity index (χ0) is 16.0. The highest BCUT2D eigenvalue weighted by Crippen LogP contribution is 2.31. The van der Waals surface area contributed by atoms with Crippen LogP contribution in [-0.4, -0.2) is 31.1 Å². The molecule has 114 valence electrons. The number of hydrogen-bond donors (Lipinski definition) is 3. The highest BCUT2D eigenvalue weighted by molar-refractivity contribution is 7.84. The molecule has 0 unspecified atom stereocenters. The summed E-state index contributed by atoms with van der Waals surface area (Å²) in [6.45, 7) is 0. The quantitative estimate of drug-likeness (QED) is 0.238. The number of rotatable bonds is 1. The van der Waals surface area contributed by atoms with Crippen molar-refractivity contribution in [3.63, 3.8) is 0 Å². The molecule has 0 aromatic heterocycles. The average Bonchev–Trinajstić information content (AvgIpc) is 2.69. The summed E-state index contributed by atoms with van der Waals surface area (Å²) in [6, 6.07) is 8.08. The lowest BCUT2D eigenvalue weighted by molar-refractivity contribution is -0.372. The molecule has 2 rings (SSSR count). The lowest BCUT2D eigenvalue weighted by Gasteiger charge is -1.98. The van der Waals surface area contributed by atoms with Crippen molar-refractivity contribution in [2.24, 2.45) is 11.5 Å². The number of amides is 1. The number of benzene rings is 1. The van der Waals surface area contributed by atoms with Crippen LogP contribution in [0.15, 0.2) is 30.3 Å². The summed E-state index contributed by atoms with van der Waals surface area (Å²) >= 11 is 0. The second-order valence-electron chi connectivity index (χ2n) is 4.48. The van der Waals surface area contributed by atoms with Gasteiger partial charge in [-0.3, -0.25) is 16.3 Å². The second kappa shape index (κ2) is 7.00. The molecule has 0 bridgehead atoms. The molecule has 5 N–H and O–H groups in total. The highest BCUT2D eigenvalue weighted by Gasteiger charge is 2.16. The molecule has 1 amide bonds. The number of hydrogen-bond acceptors (Lipinski definition) is 4. The SMILES string of the molecule is CS(=O)(=O)[O-].NC(N)=[NH+]C(=O)/C=C1\CCc2ccccc21. The number of guanidine groups is 1. The maximum Gasteiger partial charge on any atom is 0.346 e. The van der Waals surface area contributed by atoms with Crippen molar-refractivity contribution in [3.05, 3.63) is 41.5 Å². The van der Waals surface area contributed by atoms with Gasteiger partial charge in [0.05, 0.1) is 10.1 Å². The van der Waals surface area contributed by atoms with E-state index in [0.717, 1.165) is 24.0 Å². The van der Waals surface area contributed by atoms with Gasteiger partial charge in [0.25, 0.3) is 0 Å². The molecule has 0 atom stereocenters. The van der Waals surface area contributed by atoms with Crippen LogP contribution in [0.3, 0.4) is 0 Å². The van der Waals surface area contributed by atoms with Gasteiger partial charge in [-0.2, -0.15) is 0 Å². The Morgan fingerprint density at radius 1 is 1.29 bits per heavy atom. The largest absolute Gasteiger partial charge is 0.748 e. The molecule has 1 aliphatic carbocycles. The Labute approximate surface area is 123 Å². The van der Waals surface area contributed by atoms with Gasteiger partial charge in [-0.25, -0.2) is 13.4 Å². The summed E-state index contributed by atoms with van der Waals surface area (Å²) in [7, 11) is -3.92. The standard InChI is InChI=1S/C12H13N3O.CH4O3S/c13-12(14)15-11(16)7-9-6-5-8-3-1-2-4-10(8)9;1-5(2,3)4/h1-4,7H,5-6H2,(H4,13,14,15,16);1H3,(H,2,3,4)/b9-7+;. The van der Waals surface area contributed by atoms with Crippen LogP contribution in [0.25, 0.3) is 5.57 Å². The number of carbonyl (C=O) groups is 1. The average molecular weight is 311 g/mol. The van der Waals surface area contributed by atoms with Crippen molar-refractivity contribution >= 4 is 27.6 Å². The summed E-state index contributed by atoms with van der Waals surface area (Å²) in [5.41, 5.74) is 13.9. The molecule has 0 spiro atoms. The van der Waals surface area contributed by atoms with Gasteiger partial charge in [-0.05, 0) is 29.5 Å². The van der Waals surface area contributed by atoms with Crippen molar-refractivity contribution in [2.45, 2.75) is 12.8 Å². The minimum absolute atomic E-state index is 0.0758. The minimum atomic E-state index is -3.92. The lowest BCUT2D eigenvalue weighted by Crippen LogP contribution is -2.81. The number of aryl methyl sites for hydroxylation is 1. The van der Waals surface area contributed by atoms with Crippen molar-refractivity contribution in [1.29, 1.82) is 0 Å². The lowest BCUT2D eigenvalue weighted by atomic mass is 10.1. The third-order valence-electron chi connectivity index (χ3n) is 2.60. The molecule has 1 aliphatic rings. The predicted octanol–water partition coefficient (Wildman–Crippen LogP) is -1.94. The smallest absolute Gasteiger partial charge is 0.346 e. The van der Waals surface area contributed by atoms with E-state index in [4.69, 9.17) is 24.4 Å². The van der Waals surface area contributed by atoms with Gasteiger partial charge in [0.2, 0.25) is 0 Å². The normalized spacial score (nSPS) is 14.9. The maximum atomic E-state index is 11.5. The van der Waals surface area contributed by atoms with E-state index in [-0.39, 0.29) is 11.9 Å². The fourth-order valence-corrected chi connectivity index (χ4v) is 1.94. The molecule has 1 aromatic carbocycles. The van der Waals surface area contributed by atoms with Crippen LogP contribution in [0.1, 0.15) is 17.5 Å². The molecule has 0 fully saturated rings. The van der Waals surface area contributed by atoms with Gasteiger partial charge in [0.15, 0.2) is 0 Å². The van der Waals surface area contributed by atoms with Crippen molar-refractivity contribution in [2.75, 3.05) is 6.26 Å². The van der Waals surface area contributed by atoms with E-state index in [9.17, 15) is 4.79 Å². The second-order valence-corrected chi connectivity index (χ2v) is 5.88. The Hall–Kier alpha value is -2.19. The fourth-order valence-electron chi connectivity index (χ4n) is 1.94. The first-order chi connectivity index (χ1) is 9.66. The van der Waals surface area contributed by atoms with Crippen molar-refractivity contribution in [3.8, 4) is 0 Å². The Balaban J connectivity index is 0.000000383. The van der Waals surface area contributed by atoms with Crippen LogP contribution >= 0.6 is 0 Å². The molecule has 0 radical (unpaired) electrons. The molecular formula is C13H17N3O4S. The van der Waals surface area contributed by atoms with Gasteiger partial charge >= 0.3 is 11.9 Å². The Morgan fingerprint density at radius 2 is 1.86 bits per heavy atom. The summed E-state index contributed by atoms with van der Waals surface area (Å²) in [5.74, 6) is -0.347. The molecular weight excluding hydrogens is 294 g/mol. The van der Waals surface area contributed by atoms with Gasteiger partial charge in [-0.15, -0.1) is 0 Å². The summed E-state index contributed by atoms with van der Waals surface area (Å²) in [5, 5.41) is 0. The number of carbonyl (C=O) groups excluding carboxylic acids is 1. The first-order valence-corrected chi connectivity index (χ1v) is 7.87. The Morgan fingerprint density at radius 3 is 2.43 bits per heavy atom. The van der Waals surface area contributed by atoms with E-state index in [1.165, 1.54) is 5.56 Å². The predicted molar refractivity (Wildman–Crippen MR) is 77.7 cm³/mol. The zero-order valence-corrected chi connectivity index (χ0v) is 12.3. The first-order valence-electron chi connectivity index (χ1n) is 6.05. The maximum absolute atomic E-state index is 11.5. The molecule has 1 aromatic rings. The molecule has 0 saturated heterocycles. The fraction of sp³-hybridized carbons (Fsp3) is 0.231. The third kappa shape index (κ3) is 6.68. The van der Waals surface area contributed by atoms with Gasteiger partial charge in [0, 0.05) is 12.3 Å². The number of allylic oxidation sites excluding steroid dienone is 1. The molecule has 21 heavy (non-hydrogen) atoms. The van der Waals surface area contributed by atoms with Gasteiger partial charge in [0.1, 0.15) is 0 Å². The van der Waals surface area contributed by atoms with Crippen LogP contribution in [0.4, 0.5) is 0 Å². The van der Waals surface area contributed by atoms with Crippen LogP contribution in [0.5, 0.6) is 0 Å². The minimum Gasteiger partial charge on any atom is -0.748 e. The molecule has 0 heterocycles. The van der Waals surface area contributed by atoms with Gasteiger partial charge < -0.3 is 4.55 Å². The topological polar surface area (TPSA) is 140 Å². The van der Waals surface area contributed by atoms with Gasteiger partial charge in [-0.1, -0.05) is 24.3 Å². The Bertz CT molecular complexity index is 681. The molecule has 8 heteroatoms. The van der Waals surface area contributed by atoms with E-state index < -0.39 is 10.1 Å². The van der Waals surface area contributed by atoms with E-state index in [2.05, 4.69) is 11.1 Å².